The highest BCUT2D eigenvalue weighted by Crippen LogP contribution is 2.35. The zero-order valence-electron chi connectivity index (χ0n) is 16.4. The van der Waals surface area contributed by atoms with E-state index in [1.165, 1.54) is 12.1 Å². The first kappa shape index (κ1) is 18.6. The third-order valence-corrected chi connectivity index (χ3v) is 5.62. The quantitative estimate of drug-likeness (QED) is 0.343. The van der Waals surface area contributed by atoms with Crippen LogP contribution < -0.4 is 4.74 Å². The van der Waals surface area contributed by atoms with E-state index in [1.54, 1.807) is 24.1 Å². The molecule has 5 rings (SSSR count). The van der Waals surface area contributed by atoms with Crippen molar-refractivity contribution in [2.24, 2.45) is 0 Å². The van der Waals surface area contributed by atoms with Gasteiger partial charge in [-0.15, -0.1) is 0 Å². The van der Waals surface area contributed by atoms with Gasteiger partial charge in [0, 0.05) is 27.6 Å². The molecule has 0 aliphatic rings. The Hall–Kier alpha value is -3.44. The maximum atomic E-state index is 14.1. The molecule has 2 heterocycles. The van der Waals surface area contributed by atoms with Crippen molar-refractivity contribution in [2.45, 2.75) is 6.92 Å². The van der Waals surface area contributed by atoms with Gasteiger partial charge in [-0.05, 0) is 55.0 Å². The van der Waals surface area contributed by atoms with Gasteiger partial charge >= 0.3 is 0 Å². The molecule has 30 heavy (non-hydrogen) atoms. The lowest BCUT2D eigenvalue weighted by Crippen LogP contribution is -1.98. The summed E-state index contributed by atoms with van der Waals surface area (Å²) in [5, 5.41) is 7.04. The van der Waals surface area contributed by atoms with Crippen LogP contribution in [0.2, 0.25) is 5.02 Å². The van der Waals surface area contributed by atoms with Crippen LogP contribution in [0.15, 0.2) is 66.9 Å². The summed E-state index contributed by atoms with van der Waals surface area (Å²) >= 11 is 6.39. The standard InChI is InChI=1S/C24H17ClFN3O/c1-14-6-8-17(12-21(14)25)29-24-19-11-16(26)7-9-22(19)27-13-20(24)23(28-29)15-4-3-5-18(10-15)30-2/h3-13H,1-2H3. The summed E-state index contributed by atoms with van der Waals surface area (Å²) < 4.78 is 21.3. The Kier molecular flexibility index (Phi) is 4.40. The monoisotopic (exact) mass is 417 g/mol. The maximum absolute atomic E-state index is 14.1. The van der Waals surface area contributed by atoms with Crippen molar-refractivity contribution >= 4 is 33.4 Å². The molecule has 148 valence electrons. The van der Waals surface area contributed by atoms with Crippen LogP contribution in [-0.4, -0.2) is 21.9 Å². The predicted octanol–water partition coefficient (Wildman–Crippen LogP) is 6.35. The summed E-state index contributed by atoms with van der Waals surface area (Å²) in [4.78, 5) is 4.54. The highest BCUT2D eigenvalue weighted by atomic mass is 35.5. The van der Waals surface area contributed by atoms with Gasteiger partial charge in [0.25, 0.3) is 0 Å². The third-order valence-electron chi connectivity index (χ3n) is 5.21. The van der Waals surface area contributed by atoms with Gasteiger partial charge in [0.15, 0.2) is 0 Å². The molecule has 0 radical (unpaired) electrons. The minimum atomic E-state index is -0.325. The summed E-state index contributed by atoms with van der Waals surface area (Å²) in [5.74, 6) is 0.405. The summed E-state index contributed by atoms with van der Waals surface area (Å²) in [6.07, 6.45) is 1.78. The van der Waals surface area contributed by atoms with E-state index in [0.717, 1.165) is 39.2 Å². The van der Waals surface area contributed by atoms with E-state index in [9.17, 15) is 4.39 Å². The van der Waals surface area contributed by atoms with E-state index < -0.39 is 0 Å². The van der Waals surface area contributed by atoms with E-state index in [-0.39, 0.29) is 5.82 Å². The van der Waals surface area contributed by atoms with Gasteiger partial charge in [-0.25, -0.2) is 9.07 Å². The lowest BCUT2D eigenvalue weighted by atomic mass is 10.1. The van der Waals surface area contributed by atoms with E-state index in [1.807, 2.05) is 49.4 Å². The first-order valence-corrected chi connectivity index (χ1v) is 9.81. The van der Waals surface area contributed by atoms with Crippen molar-refractivity contribution in [3.05, 3.63) is 83.3 Å². The number of nitrogens with zero attached hydrogens (tertiary/aromatic N) is 3. The molecule has 5 aromatic rings. The van der Waals surface area contributed by atoms with E-state index in [0.29, 0.717) is 15.9 Å². The van der Waals surface area contributed by atoms with Crippen molar-refractivity contribution in [1.82, 2.24) is 14.8 Å². The second-order valence-corrected chi connectivity index (χ2v) is 7.52. The highest BCUT2D eigenvalue weighted by molar-refractivity contribution is 6.31. The zero-order valence-corrected chi connectivity index (χ0v) is 17.1. The summed E-state index contributed by atoms with van der Waals surface area (Å²) in [6, 6.07) is 18.0. The molecule has 0 atom stereocenters. The minimum absolute atomic E-state index is 0.325. The molecule has 0 aliphatic carbocycles. The summed E-state index contributed by atoms with van der Waals surface area (Å²) in [5.41, 5.74) is 4.86. The van der Waals surface area contributed by atoms with Crippen LogP contribution in [0.4, 0.5) is 4.39 Å². The SMILES string of the molecule is COc1cccc(-c2nn(-c3ccc(C)c(Cl)c3)c3c2cnc2ccc(F)cc23)c1. The number of ether oxygens (including phenoxy) is 1. The summed E-state index contributed by atoms with van der Waals surface area (Å²) in [6.45, 7) is 1.95. The number of rotatable bonds is 3. The van der Waals surface area contributed by atoms with E-state index in [4.69, 9.17) is 21.4 Å². The molecule has 0 saturated carbocycles. The molecule has 0 unspecified atom stereocenters. The van der Waals surface area contributed by atoms with Crippen LogP contribution in [-0.2, 0) is 0 Å². The fourth-order valence-corrected chi connectivity index (χ4v) is 3.81. The number of aryl methyl sites for hydroxylation is 1. The highest BCUT2D eigenvalue weighted by Gasteiger charge is 2.18. The van der Waals surface area contributed by atoms with Gasteiger partial charge in [0.1, 0.15) is 17.3 Å². The van der Waals surface area contributed by atoms with E-state index in [2.05, 4.69) is 4.98 Å². The van der Waals surface area contributed by atoms with Gasteiger partial charge in [-0.2, -0.15) is 5.10 Å². The van der Waals surface area contributed by atoms with Gasteiger partial charge in [-0.3, -0.25) is 4.98 Å². The topological polar surface area (TPSA) is 39.9 Å². The lowest BCUT2D eigenvalue weighted by molar-refractivity contribution is 0.415. The Morgan fingerprint density at radius 3 is 2.67 bits per heavy atom. The van der Waals surface area contributed by atoms with Crippen LogP contribution in [0.25, 0.3) is 38.8 Å². The smallest absolute Gasteiger partial charge is 0.124 e. The molecule has 0 aliphatic heterocycles. The molecule has 0 N–H and O–H groups in total. The second-order valence-electron chi connectivity index (χ2n) is 7.11. The van der Waals surface area contributed by atoms with Gasteiger partial charge < -0.3 is 4.74 Å². The molecule has 0 bridgehead atoms. The first-order chi connectivity index (χ1) is 14.5. The summed E-state index contributed by atoms with van der Waals surface area (Å²) in [7, 11) is 1.63. The average Bonchev–Trinajstić information content (AvgIpc) is 3.16. The number of methoxy groups -OCH3 is 1. The third kappa shape index (κ3) is 2.99. The lowest BCUT2D eigenvalue weighted by Gasteiger charge is -2.07. The molecular formula is C24H17ClFN3O. The number of hydrogen-bond donors (Lipinski definition) is 0. The largest absolute Gasteiger partial charge is 0.497 e. The van der Waals surface area contributed by atoms with Crippen LogP contribution in [0.1, 0.15) is 5.56 Å². The fraction of sp³-hybridized carbons (Fsp3) is 0.0833. The van der Waals surface area contributed by atoms with Crippen molar-refractivity contribution < 1.29 is 9.13 Å². The predicted molar refractivity (Wildman–Crippen MR) is 118 cm³/mol. The number of fused-ring (bicyclic) bond motifs is 3. The van der Waals surface area contributed by atoms with Crippen LogP contribution in [0, 0.1) is 12.7 Å². The second kappa shape index (κ2) is 7.11. The molecule has 3 aromatic carbocycles. The van der Waals surface area contributed by atoms with Gasteiger partial charge in [0.2, 0.25) is 0 Å². The van der Waals surface area contributed by atoms with Gasteiger partial charge in [0.05, 0.1) is 23.8 Å². The number of benzene rings is 3. The number of pyridine rings is 1. The Balaban J connectivity index is 1.89. The molecule has 0 amide bonds. The van der Waals surface area contributed by atoms with E-state index >= 15 is 0 Å². The van der Waals surface area contributed by atoms with Crippen LogP contribution in [0.5, 0.6) is 5.75 Å². The van der Waals surface area contributed by atoms with Crippen molar-refractivity contribution in [1.29, 1.82) is 0 Å². The van der Waals surface area contributed by atoms with Crippen molar-refractivity contribution in [3.63, 3.8) is 0 Å². The van der Waals surface area contributed by atoms with Gasteiger partial charge in [-0.1, -0.05) is 29.8 Å². The van der Waals surface area contributed by atoms with Crippen molar-refractivity contribution in [3.8, 4) is 22.7 Å². The Morgan fingerprint density at radius 2 is 1.87 bits per heavy atom. The molecule has 0 spiro atoms. The van der Waals surface area contributed by atoms with Crippen LogP contribution >= 0.6 is 11.6 Å². The van der Waals surface area contributed by atoms with Crippen molar-refractivity contribution in [2.75, 3.05) is 7.11 Å². The maximum Gasteiger partial charge on any atom is 0.124 e. The Labute approximate surface area is 177 Å². The minimum Gasteiger partial charge on any atom is -0.497 e. The first-order valence-electron chi connectivity index (χ1n) is 9.43. The zero-order chi connectivity index (χ0) is 20.8. The average molecular weight is 418 g/mol. The molecule has 0 fully saturated rings. The Bertz CT molecular complexity index is 1430. The molecule has 2 aromatic heterocycles. The number of hydrogen-bond acceptors (Lipinski definition) is 3. The fourth-order valence-electron chi connectivity index (χ4n) is 3.64. The Morgan fingerprint density at radius 1 is 1.00 bits per heavy atom. The normalized spacial score (nSPS) is 11.3. The molecular weight excluding hydrogens is 401 g/mol. The molecule has 0 saturated heterocycles. The molecule has 4 nitrogen and oxygen atoms in total. The number of aromatic nitrogens is 3. The number of halogens is 2. The van der Waals surface area contributed by atoms with Crippen LogP contribution in [0.3, 0.4) is 0 Å². The molecule has 6 heteroatoms.